The van der Waals surface area contributed by atoms with Crippen LogP contribution in [-0.2, 0) is 0 Å². The molecule has 2 fully saturated rings. The lowest BCUT2D eigenvalue weighted by Crippen LogP contribution is -2.36. The number of anilines is 1. The Hall–Kier alpha value is -2.49. The summed E-state index contributed by atoms with van der Waals surface area (Å²) in [4.78, 5) is 11.8. The van der Waals surface area contributed by atoms with Crippen molar-refractivity contribution in [2.45, 2.75) is 31.2 Å². The molecular formula is C22H23NO3. The molecule has 2 bridgehead atoms. The Morgan fingerprint density at radius 2 is 1.85 bits per heavy atom. The minimum absolute atomic E-state index is 0.0967. The summed E-state index contributed by atoms with van der Waals surface area (Å²) in [6.45, 7) is 0. The second-order valence-electron chi connectivity index (χ2n) is 7.88. The second-order valence-corrected chi connectivity index (χ2v) is 7.88. The Morgan fingerprint density at radius 1 is 1.08 bits per heavy atom. The number of hydrogen-bond acceptors (Lipinski definition) is 3. The maximum Gasteiger partial charge on any atom is 0.337 e. The van der Waals surface area contributed by atoms with Crippen molar-refractivity contribution >= 4 is 11.7 Å². The molecule has 2 aromatic rings. The molecule has 4 nitrogen and oxygen atoms in total. The van der Waals surface area contributed by atoms with Crippen LogP contribution in [0.4, 0.5) is 5.69 Å². The van der Waals surface area contributed by atoms with Crippen LogP contribution < -0.4 is 10.1 Å². The number of methoxy groups -OCH3 is 1. The smallest absolute Gasteiger partial charge is 0.337 e. The Labute approximate surface area is 153 Å². The minimum Gasteiger partial charge on any atom is -0.496 e. The van der Waals surface area contributed by atoms with Crippen molar-refractivity contribution in [3.8, 4) is 5.75 Å². The number of rotatable bonds is 3. The van der Waals surface area contributed by atoms with Crippen molar-refractivity contribution in [3.63, 3.8) is 0 Å². The number of para-hydroxylation sites is 2. The molecule has 0 radical (unpaired) electrons. The van der Waals surface area contributed by atoms with Crippen LogP contribution in [-0.4, -0.2) is 18.2 Å². The van der Waals surface area contributed by atoms with Gasteiger partial charge in [-0.15, -0.1) is 0 Å². The second kappa shape index (κ2) is 5.76. The zero-order valence-electron chi connectivity index (χ0n) is 14.8. The van der Waals surface area contributed by atoms with Crippen molar-refractivity contribution in [1.29, 1.82) is 0 Å². The number of carboxylic acids is 1. The average molecular weight is 349 g/mol. The predicted molar refractivity (Wildman–Crippen MR) is 99.8 cm³/mol. The summed E-state index contributed by atoms with van der Waals surface area (Å²) < 4.78 is 5.64. The molecule has 1 aliphatic heterocycles. The number of carboxylic acid groups (broad SMARTS) is 1. The summed E-state index contributed by atoms with van der Waals surface area (Å²) in [5, 5.41) is 13.3. The van der Waals surface area contributed by atoms with Crippen LogP contribution in [0.5, 0.6) is 5.75 Å². The number of benzene rings is 2. The van der Waals surface area contributed by atoms with Crippen LogP contribution in [0.25, 0.3) is 0 Å². The molecule has 26 heavy (non-hydrogen) atoms. The zero-order valence-corrected chi connectivity index (χ0v) is 14.8. The molecule has 2 N–H and O–H groups in total. The number of nitrogens with one attached hydrogen (secondary N) is 1. The summed E-state index contributed by atoms with van der Waals surface area (Å²) >= 11 is 0. The number of fused-ring (bicyclic) bond motifs is 7. The van der Waals surface area contributed by atoms with Crippen LogP contribution >= 0.6 is 0 Å². The molecule has 5 atom stereocenters. The van der Waals surface area contributed by atoms with E-state index >= 15 is 0 Å². The Morgan fingerprint density at radius 3 is 2.65 bits per heavy atom. The summed E-state index contributed by atoms with van der Waals surface area (Å²) in [6, 6.07) is 14.0. The first-order chi connectivity index (χ1) is 12.7. The van der Waals surface area contributed by atoms with Gasteiger partial charge in [-0.3, -0.25) is 0 Å². The average Bonchev–Trinajstić information content (AvgIpc) is 3.29. The molecule has 0 saturated heterocycles. The van der Waals surface area contributed by atoms with E-state index in [4.69, 9.17) is 4.74 Å². The van der Waals surface area contributed by atoms with Crippen LogP contribution in [0.15, 0.2) is 42.5 Å². The topological polar surface area (TPSA) is 58.6 Å². The highest BCUT2D eigenvalue weighted by Gasteiger charge is 2.54. The standard InChI is InChI=1S/C22H23NO3/c1-26-17-8-3-2-5-14(17)21-19-13-10-9-12(11-13)18(19)15-6-4-7-16(22(24)25)20(15)23-21/h2-8,12-13,18-19,21,23H,9-11H2,1H3,(H,24,25)/t12-,13+,18+,19+,21+/m0/s1. The maximum absolute atomic E-state index is 11.8. The SMILES string of the molecule is COc1ccccc1[C@H]1Nc2c(C(=O)O)cccc2[C@H]2[C@H]3CC[C@H](C3)[C@H]21. The lowest BCUT2D eigenvalue weighted by molar-refractivity contribution is 0.0697. The monoisotopic (exact) mass is 349 g/mol. The van der Waals surface area contributed by atoms with E-state index in [0.717, 1.165) is 17.0 Å². The molecule has 4 heteroatoms. The zero-order chi connectivity index (χ0) is 17.8. The molecule has 3 aliphatic rings. The van der Waals surface area contributed by atoms with E-state index in [2.05, 4.69) is 17.4 Å². The highest BCUT2D eigenvalue weighted by molar-refractivity contribution is 5.95. The van der Waals surface area contributed by atoms with Gasteiger partial charge in [-0.1, -0.05) is 30.3 Å². The van der Waals surface area contributed by atoms with Crippen LogP contribution in [0.3, 0.4) is 0 Å². The van der Waals surface area contributed by atoms with E-state index in [1.807, 2.05) is 24.3 Å². The third-order valence-corrected chi connectivity index (χ3v) is 6.83. The fourth-order valence-electron chi connectivity index (χ4n) is 5.92. The number of hydrogen-bond donors (Lipinski definition) is 2. The first-order valence-corrected chi connectivity index (χ1v) is 9.44. The summed E-state index contributed by atoms with van der Waals surface area (Å²) in [6.07, 6.45) is 3.81. The van der Waals surface area contributed by atoms with E-state index < -0.39 is 5.97 Å². The van der Waals surface area contributed by atoms with Crippen molar-refractivity contribution < 1.29 is 14.6 Å². The van der Waals surface area contributed by atoms with Gasteiger partial charge in [0, 0.05) is 5.56 Å². The Kier molecular flexibility index (Phi) is 3.49. The van der Waals surface area contributed by atoms with E-state index in [-0.39, 0.29) is 6.04 Å². The van der Waals surface area contributed by atoms with Gasteiger partial charge in [-0.05, 0) is 60.6 Å². The van der Waals surface area contributed by atoms with Gasteiger partial charge in [-0.25, -0.2) is 4.79 Å². The Balaban J connectivity index is 1.69. The van der Waals surface area contributed by atoms with Gasteiger partial charge in [0.25, 0.3) is 0 Å². The largest absolute Gasteiger partial charge is 0.496 e. The molecule has 134 valence electrons. The van der Waals surface area contributed by atoms with Crippen molar-refractivity contribution in [2.24, 2.45) is 17.8 Å². The van der Waals surface area contributed by atoms with Gasteiger partial charge in [-0.2, -0.15) is 0 Å². The quantitative estimate of drug-likeness (QED) is 0.844. The predicted octanol–water partition coefficient (Wildman–Crippen LogP) is 4.69. The maximum atomic E-state index is 11.8. The van der Waals surface area contributed by atoms with E-state index in [0.29, 0.717) is 29.2 Å². The number of carbonyl (C=O) groups is 1. The summed E-state index contributed by atoms with van der Waals surface area (Å²) in [5.41, 5.74) is 3.53. The highest BCUT2D eigenvalue weighted by Crippen LogP contribution is 2.64. The third kappa shape index (κ3) is 2.11. The van der Waals surface area contributed by atoms with Gasteiger partial charge >= 0.3 is 5.97 Å². The van der Waals surface area contributed by atoms with Crippen LogP contribution in [0, 0.1) is 17.8 Å². The molecule has 0 amide bonds. The van der Waals surface area contributed by atoms with Gasteiger partial charge in [0.2, 0.25) is 0 Å². The third-order valence-electron chi connectivity index (χ3n) is 6.83. The highest BCUT2D eigenvalue weighted by atomic mass is 16.5. The van der Waals surface area contributed by atoms with E-state index in [1.165, 1.54) is 24.8 Å². The molecule has 2 saturated carbocycles. The van der Waals surface area contributed by atoms with Crippen molar-refractivity contribution in [3.05, 3.63) is 59.2 Å². The lowest BCUT2D eigenvalue weighted by Gasteiger charge is -2.44. The summed E-state index contributed by atoms with van der Waals surface area (Å²) in [5.74, 6) is 2.33. The van der Waals surface area contributed by atoms with Crippen molar-refractivity contribution in [2.75, 3.05) is 12.4 Å². The lowest BCUT2D eigenvalue weighted by atomic mass is 9.67. The van der Waals surface area contributed by atoms with Gasteiger partial charge in [0.1, 0.15) is 5.75 Å². The molecule has 0 unspecified atom stereocenters. The first-order valence-electron chi connectivity index (χ1n) is 9.44. The minimum atomic E-state index is -0.866. The molecule has 5 rings (SSSR count). The van der Waals surface area contributed by atoms with Crippen LogP contribution in [0.2, 0.25) is 0 Å². The fraction of sp³-hybridized carbons (Fsp3) is 0.409. The van der Waals surface area contributed by atoms with E-state index in [9.17, 15) is 9.90 Å². The molecule has 0 aromatic heterocycles. The molecule has 2 aromatic carbocycles. The van der Waals surface area contributed by atoms with Crippen LogP contribution in [0.1, 0.15) is 52.7 Å². The molecule has 2 aliphatic carbocycles. The van der Waals surface area contributed by atoms with Gasteiger partial charge in [0.05, 0.1) is 24.4 Å². The fourth-order valence-corrected chi connectivity index (χ4v) is 5.92. The normalized spacial score (nSPS) is 31.0. The van der Waals surface area contributed by atoms with Gasteiger partial charge < -0.3 is 15.2 Å². The number of aromatic carboxylic acids is 1. The van der Waals surface area contributed by atoms with Crippen molar-refractivity contribution in [1.82, 2.24) is 0 Å². The van der Waals surface area contributed by atoms with Gasteiger partial charge in [0.15, 0.2) is 0 Å². The molecular weight excluding hydrogens is 326 g/mol. The number of ether oxygens (including phenoxy) is 1. The summed E-state index contributed by atoms with van der Waals surface area (Å²) in [7, 11) is 1.70. The molecule has 0 spiro atoms. The van der Waals surface area contributed by atoms with E-state index in [1.54, 1.807) is 13.2 Å². The molecule has 1 heterocycles. The first kappa shape index (κ1) is 15.7. The Bertz CT molecular complexity index is 877.